The van der Waals surface area contributed by atoms with Gasteiger partial charge in [-0.25, -0.2) is 9.97 Å². The summed E-state index contributed by atoms with van der Waals surface area (Å²) in [5, 5.41) is 8.65. The van der Waals surface area contributed by atoms with E-state index in [9.17, 15) is 9.59 Å². The average Bonchev–Trinajstić information content (AvgIpc) is 3.63. The minimum Gasteiger partial charge on any atom is -0.491 e. The van der Waals surface area contributed by atoms with Crippen LogP contribution in [0.2, 0.25) is 0 Å². The van der Waals surface area contributed by atoms with Gasteiger partial charge < -0.3 is 20.7 Å². The van der Waals surface area contributed by atoms with Gasteiger partial charge in [-0.3, -0.25) is 14.3 Å². The Labute approximate surface area is 217 Å². The van der Waals surface area contributed by atoms with E-state index in [1.807, 2.05) is 43.4 Å². The van der Waals surface area contributed by atoms with Gasteiger partial charge in [-0.2, -0.15) is 5.10 Å². The molecule has 2 aliphatic heterocycles. The molecule has 0 unspecified atom stereocenters. The molecular formula is C28H23N7O3. The predicted molar refractivity (Wildman–Crippen MR) is 143 cm³/mol. The molecule has 0 aliphatic carbocycles. The lowest BCUT2D eigenvalue weighted by Crippen LogP contribution is -2.32. The van der Waals surface area contributed by atoms with Crippen molar-refractivity contribution in [2.45, 2.75) is 12.5 Å². The van der Waals surface area contributed by atoms with Gasteiger partial charge in [-0.05, 0) is 35.9 Å². The van der Waals surface area contributed by atoms with E-state index >= 15 is 0 Å². The second-order valence-electron chi connectivity index (χ2n) is 9.71. The number of fused-ring (bicyclic) bond motifs is 5. The van der Waals surface area contributed by atoms with E-state index in [1.165, 1.54) is 0 Å². The molecule has 2 amide bonds. The van der Waals surface area contributed by atoms with Crippen LogP contribution >= 0.6 is 0 Å². The molecule has 38 heavy (non-hydrogen) atoms. The first kappa shape index (κ1) is 22.2. The number of hydrogen-bond donors (Lipinski definition) is 2. The van der Waals surface area contributed by atoms with Crippen LogP contribution in [0.5, 0.6) is 5.75 Å². The third-order valence-corrected chi connectivity index (χ3v) is 7.42. The van der Waals surface area contributed by atoms with Crippen LogP contribution in [0.3, 0.4) is 0 Å². The number of nitrogens with zero attached hydrogens (tertiary/aromatic N) is 5. The summed E-state index contributed by atoms with van der Waals surface area (Å²) in [4.78, 5) is 35.9. The number of pyridine rings is 2. The minimum atomic E-state index is -0.233. The first-order chi connectivity index (χ1) is 18.4. The molecule has 10 nitrogen and oxygen atoms in total. The molecule has 0 bridgehead atoms. The lowest BCUT2D eigenvalue weighted by atomic mass is 10.00. The second kappa shape index (κ2) is 8.01. The number of aromatic nitrogens is 4. The topological polar surface area (TPSA) is 128 Å². The smallest absolute Gasteiger partial charge is 0.254 e. The zero-order valence-corrected chi connectivity index (χ0v) is 20.7. The number of likely N-dealkylation sites (N-methyl/N-ethyl adjacent to an activating group) is 1. The first-order valence-corrected chi connectivity index (χ1v) is 12.2. The fourth-order valence-corrected chi connectivity index (χ4v) is 5.39. The van der Waals surface area contributed by atoms with Crippen molar-refractivity contribution in [3.63, 3.8) is 0 Å². The minimum absolute atomic E-state index is 0.0472. The van der Waals surface area contributed by atoms with Crippen LogP contribution in [0, 0.1) is 0 Å². The van der Waals surface area contributed by atoms with E-state index in [0.29, 0.717) is 35.7 Å². The third kappa shape index (κ3) is 3.30. The molecule has 0 radical (unpaired) electrons. The molecule has 1 atom stereocenters. The van der Waals surface area contributed by atoms with Crippen LogP contribution in [0.4, 0.5) is 11.6 Å². The monoisotopic (exact) mass is 505 g/mol. The van der Waals surface area contributed by atoms with E-state index < -0.39 is 0 Å². The van der Waals surface area contributed by atoms with Crippen LogP contribution in [-0.2, 0) is 18.3 Å². The quantitative estimate of drug-likeness (QED) is 0.384. The zero-order chi connectivity index (χ0) is 26.1. The van der Waals surface area contributed by atoms with Crippen LogP contribution in [0.1, 0.15) is 27.5 Å². The molecule has 0 fully saturated rings. The van der Waals surface area contributed by atoms with Crippen molar-refractivity contribution >= 4 is 45.3 Å². The summed E-state index contributed by atoms with van der Waals surface area (Å²) in [6.07, 6.45) is 3.76. The summed E-state index contributed by atoms with van der Waals surface area (Å²) >= 11 is 0. The van der Waals surface area contributed by atoms with Crippen molar-refractivity contribution in [3.8, 4) is 16.9 Å². The van der Waals surface area contributed by atoms with Crippen LogP contribution < -0.4 is 15.8 Å². The van der Waals surface area contributed by atoms with Gasteiger partial charge in [0.1, 0.15) is 24.0 Å². The number of nitrogens with two attached hydrogens (primary N) is 1. The Morgan fingerprint density at radius 2 is 2.00 bits per heavy atom. The molecule has 5 heterocycles. The summed E-state index contributed by atoms with van der Waals surface area (Å²) in [6.45, 7) is 0.361. The Hall–Kier alpha value is -4.99. The van der Waals surface area contributed by atoms with Crippen molar-refractivity contribution in [2.75, 3.05) is 24.7 Å². The van der Waals surface area contributed by atoms with Crippen molar-refractivity contribution in [1.82, 2.24) is 24.6 Å². The molecule has 2 aliphatic rings. The SMILES string of the molecule is CN(C(=O)c1ccc2nc(N)c3cnn(C)c3c2c1)[C@@H]1COc2cc(-c3cnc4c(c3)CC(=O)N4)ccc21. The maximum atomic E-state index is 13.6. The highest BCUT2D eigenvalue weighted by molar-refractivity contribution is 6.10. The van der Waals surface area contributed by atoms with Crippen LogP contribution in [0.25, 0.3) is 32.9 Å². The summed E-state index contributed by atoms with van der Waals surface area (Å²) in [5.41, 5.74) is 11.9. The zero-order valence-electron chi connectivity index (χ0n) is 20.7. The Morgan fingerprint density at radius 1 is 1.13 bits per heavy atom. The van der Waals surface area contributed by atoms with Gasteiger partial charge in [0.2, 0.25) is 5.91 Å². The maximum Gasteiger partial charge on any atom is 0.254 e. The largest absolute Gasteiger partial charge is 0.491 e. The van der Waals surface area contributed by atoms with Crippen molar-refractivity contribution < 1.29 is 14.3 Å². The summed E-state index contributed by atoms with van der Waals surface area (Å²) in [5.74, 6) is 1.60. The van der Waals surface area contributed by atoms with Crippen molar-refractivity contribution in [1.29, 1.82) is 0 Å². The summed E-state index contributed by atoms with van der Waals surface area (Å²) in [6, 6.07) is 13.1. The van der Waals surface area contributed by atoms with Crippen LogP contribution in [-0.4, -0.2) is 50.1 Å². The van der Waals surface area contributed by atoms with E-state index in [2.05, 4.69) is 20.4 Å². The Balaban J connectivity index is 1.19. The highest BCUT2D eigenvalue weighted by Crippen LogP contribution is 2.39. The van der Waals surface area contributed by atoms with Crippen molar-refractivity contribution in [3.05, 3.63) is 71.5 Å². The number of aryl methyl sites for hydroxylation is 1. The standard InChI is InChI=1S/C28H23N7O3/c1-34(28(37)15-4-6-21-19(8-15)25-20(26(29)32-21)12-31-35(25)2)22-13-38-23-9-14(3-5-18(22)23)17-7-16-10-24(36)33-27(16)30-11-17/h3-9,11-12,22H,10,13H2,1-2H3,(H2,29,32)(H,30,33,36)/t22-/m1/s1. The fourth-order valence-electron chi connectivity index (χ4n) is 5.39. The number of benzene rings is 2. The third-order valence-electron chi connectivity index (χ3n) is 7.42. The van der Waals surface area contributed by atoms with E-state index in [-0.39, 0.29) is 17.9 Å². The molecule has 0 saturated carbocycles. The Kier molecular flexibility index (Phi) is 4.68. The van der Waals surface area contributed by atoms with Gasteiger partial charge in [0.05, 0.1) is 35.1 Å². The van der Waals surface area contributed by atoms with Crippen molar-refractivity contribution in [2.24, 2.45) is 7.05 Å². The number of rotatable bonds is 3. The number of amides is 2. The Bertz CT molecular complexity index is 1830. The van der Waals surface area contributed by atoms with Gasteiger partial charge in [0.25, 0.3) is 5.91 Å². The van der Waals surface area contributed by atoms with Gasteiger partial charge in [-0.15, -0.1) is 0 Å². The lowest BCUT2D eigenvalue weighted by molar-refractivity contribution is -0.115. The fraction of sp³-hybridized carbons (Fsp3) is 0.179. The highest BCUT2D eigenvalue weighted by atomic mass is 16.5. The molecule has 0 saturated heterocycles. The summed E-state index contributed by atoms with van der Waals surface area (Å²) in [7, 11) is 3.64. The Morgan fingerprint density at radius 3 is 2.87 bits per heavy atom. The second-order valence-corrected chi connectivity index (χ2v) is 9.71. The number of ether oxygens (including phenoxy) is 1. The van der Waals surface area contributed by atoms with Gasteiger partial charge in [-0.1, -0.05) is 12.1 Å². The molecule has 3 aromatic heterocycles. The molecule has 3 N–H and O–H groups in total. The number of hydrogen-bond acceptors (Lipinski definition) is 7. The molecule has 0 spiro atoms. The average molecular weight is 506 g/mol. The molecule has 2 aromatic carbocycles. The normalized spacial score (nSPS) is 15.8. The maximum absolute atomic E-state index is 13.6. The van der Waals surface area contributed by atoms with Gasteiger partial charge in [0.15, 0.2) is 0 Å². The highest BCUT2D eigenvalue weighted by Gasteiger charge is 2.31. The number of nitrogen functional groups attached to an aromatic ring is 1. The molecule has 5 aromatic rings. The van der Waals surface area contributed by atoms with E-state index in [4.69, 9.17) is 10.5 Å². The number of carbonyl (C=O) groups excluding carboxylic acids is 2. The predicted octanol–water partition coefficient (Wildman–Crippen LogP) is 3.47. The van der Waals surface area contributed by atoms with E-state index in [0.717, 1.165) is 44.3 Å². The number of anilines is 2. The summed E-state index contributed by atoms with van der Waals surface area (Å²) < 4.78 is 7.77. The number of carbonyl (C=O) groups is 2. The molecule has 188 valence electrons. The lowest BCUT2D eigenvalue weighted by Gasteiger charge is -2.24. The first-order valence-electron chi connectivity index (χ1n) is 12.2. The molecule has 10 heteroatoms. The van der Waals surface area contributed by atoms with E-state index in [1.54, 1.807) is 35.1 Å². The number of nitrogens with one attached hydrogen (secondary N) is 1. The molecular weight excluding hydrogens is 482 g/mol. The van der Waals surface area contributed by atoms with Gasteiger partial charge in [0, 0.05) is 47.9 Å². The van der Waals surface area contributed by atoms with Gasteiger partial charge >= 0.3 is 0 Å². The van der Waals surface area contributed by atoms with Crippen LogP contribution in [0.15, 0.2) is 54.9 Å². The molecule has 7 rings (SSSR count).